The topological polar surface area (TPSA) is 237 Å². The van der Waals surface area contributed by atoms with Gasteiger partial charge in [0, 0.05) is 25.7 Å². The van der Waals surface area contributed by atoms with Crippen molar-refractivity contribution in [3.05, 3.63) is 0 Å². The molecule has 0 aliphatic carbocycles. The lowest BCUT2D eigenvalue weighted by Gasteiger charge is -2.21. The third-order valence-corrected chi connectivity index (χ3v) is 20.5. The lowest BCUT2D eigenvalue weighted by Crippen LogP contribution is -2.30. The summed E-state index contributed by atoms with van der Waals surface area (Å²) in [7, 11) is -9.91. The highest BCUT2D eigenvalue weighted by Gasteiger charge is 2.30. The second kappa shape index (κ2) is 73.4. The maximum absolute atomic E-state index is 13.1. The first kappa shape index (κ1) is 96.1. The van der Waals surface area contributed by atoms with E-state index < -0.39 is 97.5 Å². The molecule has 0 spiro atoms. The van der Waals surface area contributed by atoms with Crippen LogP contribution in [0.25, 0.3) is 0 Å². The van der Waals surface area contributed by atoms with Gasteiger partial charge in [0.15, 0.2) is 12.2 Å². The summed E-state index contributed by atoms with van der Waals surface area (Å²) >= 11 is 0. The molecular formula is C79H154O17P2. The van der Waals surface area contributed by atoms with Crippen molar-refractivity contribution in [3.63, 3.8) is 0 Å². The van der Waals surface area contributed by atoms with E-state index in [1.54, 1.807) is 0 Å². The third kappa shape index (κ3) is 72.4. The molecule has 0 saturated heterocycles. The molecule has 3 N–H and O–H groups in total. The van der Waals surface area contributed by atoms with Crippen LogP contribution in [0.3, 0.4) is 0 Å². The van der Waals surface area contributed by atoms with E-state index in [0.29, 0.717) is 25.7 Å². The predicted octanol–water partition coefficient (Wildman–Crippen LogP) is 23.8. The highest BCUT2D eigenvalue weighted by molar-refractivity contribution is 7.47. The summed E-state index contributed by atoms with van der Waals surface area (Å²) in [4.78, 5) is 72.8. The van der Waals surface area contributed by atoms with Crippen LogP contribution < -0.4 is 0 Å². The molecular weight excluding hydrogens is 1280 g/mol. The Morgan fingerprint density at radius 1 is 0.245 bits per heavy atom. The van der Waals surface area contributed by atoms with Crippen LogP contribution in [0.4, 0.5) is 0 Å². The maximum atomic E-state index is 13.1. The molecule has 0 aromatic rings. The van der Waals surface area contributed by atoms with E-state index in [2.05, 4.69) is 27.7 Å². The number of esters is 4. The molecule has 0 rings (SSSR count). The van der Waals surface area contributed by atoms with Gasteiger partial charge in [0.2, 0.25) is 0 Å². The molecule has 98 heavy (non-hydrogen) atoms. The number of phosphoric acid groups is 2. The summed E-state index contributed by atoms with van der Waals surface area (Å²) in [6, 6.07) is 0. The van der Waals surface area contributed by atoms with Crippen LogP contribution >= 0.6 is 15.6 Å². The van der Waals surface area contributed by atoms with Gasteiger partial charge in [-0.15, -0.1) is 0 Å². The molecule has 17 nitrogen and oxygen atoms in total. The van der Waals surface area contributed by atoms with E-state index in [4.69, 9.17) is 37.0 Å². The number of phosphoric ester groups is 2. The molecule has 0 aliphatic heterocycles. The molecule has 0 heterocycles. The number of aliphatic hydroxyl groups is 1. The number of hydrogen-bond acceptors (Lipinski definition) is 15. The van der Waals surface area contributed by atoms with Crippen LogP contribution in [0.5, 0.6) is 0 Å². The Morgan fingerprint density at radius 3 is 0.602 bits per heavy atom. The standard InChI is InChI=1S/C79H154O17P2/c1-5-9-13-17-21-25-29-31-33-35-36-37-38-40-42-44-46-50-54-58-62-66-79(84)96-75(70-90-77(82)64-60-56-52-49-45-43-41-39-34-32-30-26-22-18-14-10-6-2)72-94-98(87,88)92-68-73(80)67-91-97(85,86)93-71-74(95-78(83)65-61-57-53-48-28-24-20-16-12-8-4)69-89-76(81)63-59-55-51-47-27-23-19-15-11-7-3/h73-75,80H,5-72H2,1-4H3,(H,85,86)(H,87,88)/t73-,74+,75+/m0/s1. The second-order valence-electron chi connectivity index (χ2n) is 28.5. The Balaban J connectivity index is 5.18. The largest absolute Gasteiger partial charge is 0.472 e. The highest BCUT2D eigenvalue weighted by Crippen LogP contribution is 2.45. The van der Waals surface area contributed by atoms with Gasteiger partial charge in [-0.3, -0.25) is 37.3 Å². The summed E-state index contributed by atoms with van der Waals surface area (Å²) in [5.41, 5.74) is 0. The SMILES string of the molecule is CCCCCCCCCCCCCCCCCCCCCCCC(=O)O[C@H](COC(=O)CCCCCCCCCCCCCCCCCCC)COP(=O)(O)OC[C@@H](O)COP(=O)(O)OC[C@@H](COC(=O)CCCCCCCCCCCC)OC(=O)CCCCCCCCCCCC. The van der Waals surface area contributed by atoms with Crippen molar-refractivity contribution in [3.8, 4) is 0 Å². The van der Waals surface area contributed by atoms with Gasteiger partial charge in [-0.05, 0) is 25.7 Å². The molecule has 0 radical (unpaired) electrons. The minimum absolute atomic E-state index is 0.107. The van der Waals surface area contributed by atoms with Crippen LogP contribution in [0.15, 0.2) is 0 Å². The number of unbranched alkanes of at least 4 members (excludes halogenated alkanes) is 54. The van der Waals surface area contributed by atoms with E-state index in [1.807, 2.05) is 0 Å². The van der Waals surface area contributed by atoms with Crippen LogP contribution in [0.1, 0.15) is 426 Å². The van der Waals surface area contributed by atoms with Crippen LogP contribution in [0.2, 0.25) is 0 Å². The Hall–Kier alpha value is -1.94. The van der Waals surface area contributed by atoms with Gasteiger partial charge in [-0.1, -0.05) is 374 Å². The number of carbonyl (C=O) groups excluding carboxylic acids is 4. The summed E-state index contributed by atoms with van der Waals surface area (Å²) in [6.07, 6.45) is 65.3. The zero-order valence-electron chi connectivity index (χ0n) is 63.8. The average molecular weight is 1440 g/mol. The number of hydrogen-bond donors (Lipinski definition) is 3. The molecule has 582 valence electrons. The molecule has 5 atom stereocenters. The first-order valence-electron chi connectivity index (χ1n) is 41.3. The smallest absolute Gasteiger partial charge is 0.462 e. The minimum Gasteiger partial charge on any atom is -0.462 e. The van der Waals surface area contributed by atoms with Crippen molar-refractivity contribution in [1.29, 1.82) is 0 Å². The Kier molecular flexibility index (Phi) is 71.9. The fourth-order valence-corrected chi connectivity index (χ4v) is 13.9. The van der Waals surface area contributed by atoms with Crippen molar-refractivity contribution < 1.29 is 80.2 Å². The zero-order valence-corrected chi connectivity index (χ0v) is 65.6. The zero-order chi connectivity index (χ0) is 71.8. The minimum atomic E-state index is -4.96. The van der Waals surface area contributed by atoms with Crippen molar-refractivity contribution in [2.24, 2.45) is 0 Å². The quantitative estimate of drug-likeness (QED) is 0.0222. The van der Waals surface area contributed by atoms with Crippen LogP contribution in [-0.2, 0) is 65.4 Å². The molecule has 0 saturated carbocycles. The summed E-state index contributed by atoms with van der Waals surface area (Å²) in [5, 5.41) is 10.6. The monoisotopic (exact) mass is 1440 g/mol. The van der Waals surface area contributed by atoms with Gasteiger partial charge in [-0.2, -0.15) is 0 Å². The van der Waals surface area contributed by atoms with Crippen molar-refractivity contribution in [2.45, 2.75) is 444 Å². The molecule has 0 fully saturated rings. The van der Waals surface area contributed by atoms with Crippen molar-refractivity contribution >= 4 is 39.5 Å². The number of aliphatic hydroxyl groups excluding tert-OH is 1. The second-order valence-corrected chi connectivity index (χ2v) is 31.4. The normalized spacial score (nSPS) is 13.8. The van der Waals surface area contributed by atoms with Gasteiger partial charge in [-0.25, -0.2) is 9.13 Å². The first-order chi connectivity index (χ1) is 47.7. The Morgan fingerprint density at radius 2 is 0.408 bits per heavy atom. The number of ether oxygens (including phenoxy) is 4. The van der Waals surface area contributed by atoms with Gasteiger partial charge in [0.05, 0.1) is 26.4 Å². The van der Waals surface area contributed by atoms with Gasteiger partial charge in [0.25, 0.3) is 0 Å². The van der Waals surface area contributed by atoms with Crippen molar-refractivity contribution in [1.82, 2.24) is 0 Å². The van der Waals surface area contributed by atoms with Crippen LogP contribution in [0, 0.1) is 0 Å². The molecule has 0 aromatic heterocycles. The molecule has 0 amide bonds. The summed E-state index contributed by atoms with van der Waals surface area (Å²) in [5.74, 6) is -2.11. The van der Waals surface area contributed by atoms with E-state index in [1.165, 1.54) is 257 Å². The average Bonchev–Trinajstić information content (AvgIpc) is 1.14. The van der Waals surface area contributed by atoms with E-state index in [9.17, 15) is 43.2 Å². The molecule has 0 bridgehead atoms. The third-order valence-electron chi connectivity index (χ3n) is 18.6. The molecule has 2 unspecified atom stereocenters. The number of carbonyl (C=O) groups is 4. The lowest BCUT2D eigenvalue weighted by atomic mass is 10.0. The lowest BCUT2D eigenvalue weighted by molar-refractivity contribution is -0.161. The Labute approximate surface area is 600 Å². The molecule has 0 aromatic carbocycles. The van der Waals surface area contributed by atoms with Gasteiger partial charge >= 0.3 is 39.5 Å². The van der Waals surface area contributed by atoms with Gasteiger partial charge < -0.3 is 33.8 Å². The van der Waals surface area contributed by atoms with Crippen LogP contribution in [-0.4, -0.2) is 96.7 Å². The van der Waals surface area contributed by atoms with E-state index in [0.717, 1.165) is 89.9 Å². The van der Waals surface area contributed by atoms with Gasteiger partial charge in [0.1, 0.15) is 19.3 Å². The maximum Gasteiger partial charge on any atom is 0.472 e. The Bertz CT molecular complexity index is 1860. The molecule has 0 aliphatic rings. The van der Waals surface area contributed by atoms with Crippen molar-refractivity contribution in [2.75, 3.05) is 39.6 Å². The highest BCUT2D eigenvalue weighted by atomic mass is 31.2. The van der Waals surface area contributed by atoms with E-state index in [-0.39, 0.29) is 25.7 Å². The summed E-state index contributed by atoms with van der Waals surface area (Å²) in [6.45, 7) is 4.99. The fourth-order valence-electron chi connectivity index (χ4n) is 12.3. The molecule has 19 heteroatoms. The number of rotatable bonds is 80. The summed E-state index contributed by atoms with van der Waals surface area (Å²) < 4.78 is 68.6. The first-order valence-corrected chi connectivity index (χ1v) is 44.3. The predicted molar refractivity (Wildman–Crippen MR) is 400 cm³/mol. The fraction of sp³-hybridized carbons (Fsp3) is 0.949. The van der Waals surface area contributed by atoms with E-state index >= 15 is 0 Å².